The van der Waals surface area contributed by atoms with E-state index in [0.717, 1.165) is 0 Å². The van der Waals surface area contributed by atoms with Crippen LogP contribution in [0, 0.1) is 0 Å². The molecule has 0 aliphatic heterocycles. The minimum Gasteiger partial charge on any atom is -0.394 e. The van der Waals surface area contributed by atoms with Crippen molar-refractivity contribution in [3.8, 4) is 0 Å². The molecule has 0 aliphatic rings. The lowest BCUT2D eigenvalue weighted by Crippen LogP contribution is -2.14. The van der Waals surface area contributed by atoms with Gasteiger partial charge in [0.05, 0.1) is 92.5 Å². The Morgan fingerprint density at radius 1 is 0.433 bits per heavy atom. The molecule has 0 fully saturated rings. The summed E-state index contributed by atoms with van der Waals surface area (Å²) < 4.78 is 29.9. The summed E-state index contributed by atoms with van der Waals surface area (Å²) in [5.41, 5.74) is 10.4. The van der Waals surface area contributed by atoms with Crippen molar-refractivity contribution >= 4 is 23.2 Å². The fourth-order valence-corrected chi connectivity index (χ4v) is 1.59. The van der Waals surface area contributed by atoms with E-state index < -0.39 is 0 Å². The third-order valence-electron chi connectivity index (χ3n) is 2.55. The Balaban J connectivity index is -0.000000364. The van der Waals surface area contributed by atoms with Gasteiger partial charge in [0, 0.05) is 24.8 Å². The molecule has 0 spiro atoms. The quantitative estimate of drug-likeness (QED) is 0.123. The first kappa shape index (κ1) is 34.8. The maximum absolute atomic E-state index is 8.26. The van der Waals surface area contributed by atoms with Crippen molar-refractivity contribution in [3.05, 3.63) is 0 Å². The molecule has 0 radical (unpaired) electrons. The van der Waals surface area contributed by atoms with E-state index in [1.807, 2.05) is 0 Å². The first-order chi connectivity index (χ1) is 14.7. The fourth-order valence-electron chi connectivity index (χ4n) is 1.37. The monoisotopic (exact) mass is 484 g/mol. The van der Waals surface area contributed by atoms with Crippen molar-refractivity contribution in [2.24, 2.45) is 11.5 Å². The van der Waals surface area contributed by atoms with Crippen LogP contribution in [0.25, 0.3) is 0 Å². The van der Waals surface area contributed by atoms with Crippen LogP contribution in [0.4, 0.5) is 0 Å². The van der Waals surface area contributed by atoms with Gasteiger partial charge < -0.3 is 50.1 Å². The zero-order valence-electron chi connectivity index (χ0n) is 18.0. The lowest BCUT2D eigenvalue weighted by atomic mass is 10.7. The smallest absolute Gasteiger partial charge is 0.0701 e. The molecule has 6 N–H and O–H groups in total. The average Bonchev–Trinajstić information content (AvgIpc) is 2.77. The normalized spacial score (nSPS) is 10.2. The van der Waals surface area contributed by atoms with E-state index in [4.69, 9.17) is 73.3 Å². The molecule has 0 heterocycles. The Morgan fingerprint density at radius 2 is 0.700 bits per heavy atom. The first-order valence-electron chi connectivity index (χ1n) is 9.95. The second-order valence-electron chi connectivity index (χ2n) is 5.08. The van der Waals surface area contributed by atoms with E-state index in [-0.39, 0.29) is 13.2 Å². The molecule has 0 saturated heterocycles. The van der Waals surface area contributed by atoms with Gasteiger partial charge in [-0.15, -0.1) is 23.2 Å². The summed E-state index contributed by atoms with van der Waals surface area (Å²) in [6.45, 7) is 7.66. The number of aliphatic hydroxyl groups excluding tert-OH is 2. The van der Waals surface area contributed by atoms with Crippen LogP contribution in [0.1, 0.15) is 0 Å². The van der Waals surface area contributed by atoms with Crippen LogP contribution in [0.3, 0.4) is 0 Å². The summed E-state index contributed by atoms with van der Waals surface area (Å²) in [7, 11) is 0. The van der Waals surface area contributed by atoms with Gasteiger partial charge in [-0.2, -0.15) is 0 Å². The second-order valence-corrected chi connectivity index (χ2v) is 5.83. The van der Waals surface area contributed by atoms with E-state index in [1.54, 1.807) is 0 Å². The minimum atomic E-state index is 0.0417. The summed E-state index contributed by atoms with van der Waals surface area (Å²) >= 11 is 10.7. The number of ether oxygens (including phenoxy) is 6. The largest absolute Gasteiger partial charge is 0.394 e. The molecule has 12 heteroatoms. The van der Waals surface area contributed by atoms with Crippen molar-refractivity contribution in [3.63, 3.8) is 0 Å². The van der Waals surface area contributed by atoms with Gasteiger partial charge in [-0.05, 0) is 0 Å². The van der Waals surface area contributed by atoms with Crippen LogP contribution in [-0.4, -0.2) is 128 Å². The predicted molar refractivity (Wildman–Crippen MR) is 119 cm³/mol. The number of hydrogen-bond donors (Lipinski definition) is 4. The van der Waals surface area contributed by atoms with Gasteiger partial charge in [-0.1, -0.05) is 0 Å². The summed E-state index contributed by atoms with van der Waals surface area (Å²) in [6, 6.07) is 0. The number of alkyl halides is 2. The zero-order valence-corrected chi connectivity index (χ0v) is 19.5. The van der Waals surface area contributed by atoms with Gasteiger partial charge in [0.1, 0.15) is 0 Å². The molecule has 0 unspecified atom stereocenters. The Labute approximate surface area is 191 Å². The molecule has 0 rings (SSSR count). The van der Waals surface area contributed by atoms with E-state index in [2.05, 4.69) is 0 Å². The van der Waals surface area contributed by atoms with E-state index in [1.165, 1.54) is 0 Å². The molecule has 0 aromatic heterocycles. The molecule has 0 bridgehead atoms. The van der Waals surface area contributed by atoms with Gasteiger partial charge in [-0.25, -0.2) is 0 Å². The number of aliphatic hydroxyl groups is 2. The molecule has 10 nitrogen and oxygen atoms in total. The maximum atomic E-state index is 8.26. The lowest BCUT2D eigenvalue weighted by Gasteiger charge is -2.02. The molecule has 0 saturated carbocycles. The SMILES string of the molecule is ClCCOCCOCCCl.NCCOCCOCCN.OCCOCCOCCO. The molecular weight excluding hydrogens is 443 g/mol. The summed E-state index contributed by atoms with van der Waals surface area (Å²) in [5.74, 6) is 1.07. The summed E-state index contributed by atoms with van der Waals surface area (Å²) in [4.78, 5) is 0. The molecule has 0 aromatic carbocycles. The molecule has 0 atom stereocenters. The van der Waals surface area contributed by atoms with Gasteiger partial charge in [0.2, 0.25) is 0 Å². The first-order valence-corrected chi connectivity index (χ1v) is 11.0. The Hall–Kier alpha value is 0.180. The van der Waals surface area contributed by atoms with Crippen molar-refractivity contribution in [1.82, 2.24) is 0 Å². The summed E-state index contributed by atoms with van der Waals surface area (Å²) in [6.07, 6.45) is 0. The van der Waals surface area contributed by atoms with Crippen molar-refractivity contribution in [1.29, 1.82) is 0 Å². The van der Waals surface area contributed by atoms with Crippen LogP contribution in [0.5, 0.6) is 0 Å². The third kappa shape index (κ3) is 46.4. The van der Waals surface area contributed by atoms with Crippen LogP contribution in [0.15, 0.2) is 0 Å². The topological polar surface area (TPSA) is 148 Å². The molecule has 186 valence electrons. The van der Waals surface area contributed by atoms with Crippen molar-refractivity contribution < 1.29 is 38.6 Å². The van der Waals surface area contributed by atoms with E-state index in [0.29, 0.717) is 104 Å². The molecular formula is C18H42Cl2N2O8. The molecule has 30 heavy (non-hydrogen) atoms. The van der Waals surface area contributed by atoms with Gasteiger partial charge in [0.25, 0.3) is 0 Å². The highest BCUT2D eigenvalue weighted by atomic mass is 35.5. The second kappa shape index (κ2) is 39.6. The third-order valence-corrected chi connectivity index (χ3v) is 2.86. The Kier molecular flexibility index (Phi) is 46.0. The summed E-state index contributed by atoms with van der Waals surface area (Å²) in [5, 5.41) is 16.5. The van der Waals surface area contributed by atoms with Gasteiger partial charge in [0.15, 0.2) is 0 Å². The van der Waals surface area contributed by atoms with Crippen LogP contribution < -0.4 is 11.5 Å². The number of rotatable bonds is 21. The molecule has 0 amide bonds. The molecule has 0 aliphatic carbocycles. The highest BCUT2D eigenvalue weighted by Crippen LogP contribution is 1.82. The van der Waals surface area contributed by atoms with Gasteiger partial charge in [-0.3, -0.25) is 0 Å². The predicted octanol–water partition coefficient (Wildman–Crippen LogP) is -0.562. The van der Waals surface area contributed by atoms with Crippen LogP contribution in [-0.2, 0) is 28.4 Å². The molecule has 0 aromatic rings. The average molecular weight is 485 g/mol. The van der Waals surface area contributed by atoms with Crippen LogP contribution >= 0.6 is 23.2 Å². The van der Waals surface area contributed by atoms with Crippen LogP contribution in [0.2, 0.25) is 0 Å². The van der Waals surface area contributed by atoms with E-state index >= 15 is 0 Å². The number of halogens is 2. The number of hydrogen-bond acceptors (Lipinski definition) is 10. The van der Waals surface area contributed by atoms with Crippen molar-refractivity contribution in [2.45, 2.75) is 0 Å². The minimum absolute atomic E-state index is 0.0417. The Bertz CT molecular complexity index is 202. The highest BCUT2D eigenvalue weighted by molar-refractivity contribution is 6.18. The lowest BCUT2D eigenvalue weighted by molar-refractivity contribution is 0.0222. The van der Waals surface area contributed by atoms with Crippen molar-refractivity contribution in [2.75, 3.05) is 117 Å². The van der Waals surface area contributed by atoms with E-state index in [9.17, 15) is 0 Å². The number of nitrogens with two attached hydrogens (primary N) is 2. The highest BCUT2D eigenvalue weighted by Gasteiger charge is 1.88. The standard InChI is InChI=1S/C6H12Cl2O2.C6H16N2O2.C6H14O4/c3*7-1-3-9-5-6-10-4-2-8/h1-6H2;1-8H2;7-8H,1-6H2. The zero-order chi connectivity index (χ0) is 23.0. The Morgan fingerprint density at radius 3 is 0.933 bits per heavy atom. The van der Waals surface area contributed by atoms with Gasteiger partial charge >= 0.3 is 0 Å². The maximum Gasteiger partial charge on any atom is 0.0701 e. The fraction of sp³-hybridized carbons (Fsp3) is 1.00.